The fourth-order valence-electron chi connectivity index (χ4n) is 3.16. The normalized spacial score (nSPS) is 16.2. The second-order valence-corrected chi connectivity index (χ2v) is 6.35. The lowest BCUT2D eigenvalue weighted by Crippen LogP contribution is -2.29. The predicted octanol–water partition coefficient (Wildman–Crippen LogP) is 1.59. The van der Waals surface area contributed by atoms with E-state index in [2.05, 4.69) is 0 Å². The van der Waals surface area contributed by atoms with E-state index in [0.29, 0.717) is 11.4 Å². The third-order valence-corrected chi connectivity index (χ3v) is 4.64. The van der Waals surface area contributed by atoms with Crippen molar-refractivity contribution < 1.29 is 19.2 Å². The third kappa shape index (κ3) is 2.93. The van der Waals surface area contributed by atoms with Crippen LogP contribution in [-0.4, -0.2) is 23.6 Å². The molecular weight excluding hydrogens is 358 g/mol. The first kappa shape index (κ1) is 17.6. The molecule has 0 fully saturated rings. The van der Waals surface area contributed by atoms with E-state index in [1.807, 2.05) is 0 Å². The second-order valence-electron chi connectivity index (χ2n) is 6.35. The van der Waals surface area contributed by atoms with Crippen molar-refractivity contribution in [1.82, 2.24) is 0 Å². The Labute approximate surface area is 160 Å². The first-order valence-corrected chi connectivity index (χ1v) is 8.53. The SMILES string of the molecule is NC(c1ccc(N2C(=O)C=CC2=O)cc1)c1ccc(N2C(=O)C=CC2=O)cc1. The average Bonchev–Trinajstić information content (AvgIpc) is 3.22. The van der Waals surface area contributed by atoms with Crippen molar-refractivity contribution in [1.29, 1.82) is 0 Å². The summed E-state index contributed by atoms with van der Waals surface area (Å²) in [6.45, 7) is 0. The summed E-state index contributed by atoms with van der Waals surface area (Å²) in [4.78, 5) is 49.2. The number of hydrogen-bond acceptors (Lipinski definition) is 5. The predicted molar refractivity (Wildman–Crippen MR) is 102 cm³/mol. The quantitative estimate of drug-likeness (QED) is 0.821. The van der Waals surface area contributed by atoms with Crippen molar-refractivity contribution in [2.45, 2.75) is 6.04 Å². The van der Waals surface area contributed by atoms with Crippen LogP contribution in [0.3, 0.4) is 0 Å². The highest BCUT2D eigenvalue weighted by Gasteiger charge is 2.26. The van der Waals surface area contributed by atoms with Gasteiger partial charge in [-0.1, -0.05) is 24.3 Å². The Kier molecular flexibility index (Phi) is 4.21. The molecular formula is C21H15N3O4. The van der Waals surface area contributed by atoms with Crippen molar-refractivity contribution in [3.05, 3.63) is 84.0 Å². The Morgan fingerprint density at radius 1 is 0.536 bits per heavy atom. The van der Waals surface area contributed by atoms with Gasteiger partial charge in [0.15, 0.2) is 0 Å². The lowest BCUT2D eigenvalue weighted by Gasteiger charge is -2.18. The number of nitrogens with two attached hydrogens (primary N) is 1. The van der Waals surface area contributed by atoms with Gasteiger partial charge in [-0.05, 0) is 35.4 Å². The minimum Gasteiger partial charge on any atom is -0.320 e. The van der Waals surface area contributed by atoms with E-state index in [-0.39, 0.29) is 23.6 Å². The maximum atomic E-state index is 11.7. The molecule has 0 spiro atoms. The first-order chi connectivity index (χ1) is 13.5. The molecule has 0 atom stereocenters. The van der Waals surface area contributed by atoms with Crippen LogP contribution < -0.4 is 15.5 Å². The van der Waals surface area contributed by atoms with E-state index < -0.39 is 6.04 Å². The molecule has 0 radical (unpaired) electrons. The molecule has 28 heavy (non-hydrogen) atoms. The van der Waals surface area contributed by atoms with Crippen molar-refractivity contribution in [2.24, 2.45) is 5.73 Å². The van der Waals surface area contributed by atoms with Gasteiger partial charge in [0.05, 0.1) is 17.4 Å². The summed E-state index contributed by atoms with van der Waals surface area (Å²) < 4.78 is 0. The molecule has 0 saturated carbocycles. The fraction of sp³-hybridized carbons (Fsp3) is 0.0476. The van der Waals surface area contributed by atoms with Gasteiger partial charge in [-0.15, -0.1) is 0 Å². The molecule has 138 valence electrons. The highest BCUT2D eigenvalue weighted by Crippen LogP contribution is 2.27. The lowest BCUT2D eigenvalue weighted by molar-refractivity contribution is -0.121. The summed E-state index contributed by atoms with van der Waals surface area (Å²) in [7, 11) is 0. The van der Waals surface area contributed by atoms with E-state index >= 15 is 0 Å². The Morgan fingerprint density at radius 2 is 0.821 bits per heavy atom. The number of carbonyl (C=O) groups excluding carboxylic acids is 4. The van der Waals surface area contributed by atoms with Crippen LogP contribution in [0.25, 0.3) is 0 Å². The van der Waals surface area contributed by atoms with Gasteiger partial charge in [0.1, 0.15) is 0 Å². The highest BCUT2D eigenvalue weighted by molar-refractivity contribution is 6.28. The standard InChI is InChI=1S/C21H15N3O4/c22-21(13-1-5-15(6-2-13)23-17(25)9-10-18(23)26)14-3-7-16(8-4-14)24-19(27)11-12-20(24)28/h1-12,21H,22H2. The number of benzene rings is 2. The van der Waals surface area contributed by atoms with Gasteiger partial charge in [-0.3, -0.25) is 19.2 Å². The molecule has 2 heterocycles. The fourth-order valence-corrected chi connectivity index (χ4v) is 3.16. The highest BCUT2D eigenvalue weighted by atomic mass is 16.2. The van der Waals surface area contributed by atoms with Crippen LogP contribution in [0, 0.1) is 0 Å². The number of rotatable bonds is 4. The van der Waals surface area contributed by atoms with Gasteiger partial charge in [-0.25, -0.2) is 9.80 Å². The van der Waals surface area contributed by atoms with Crippen LogP contribution >= 0.6 is 0 Å². The Balaban J connectivity index is 1.52. The van der Waals surface area contributed by atoms with Crippen molar-refractivity contribution in [3.8, 4) is 0 Å². The number of carbonyl (C=O) groups is 4. The maximum Gasteiger partial charge on any atom is 0.258 e. The van der Waals surface area contributed by atoms with Crippen LogP contribution in [0.5, 0.6) is 0 Å². The summed E-state index contributed by atoms with van der Waals surface area (Å²) in [5.41, 5.74) is 8.85. The monoisotopic (exact) mass is 373 g/mol. The Hall–Kier alpha value is -3.84. The lowest BCUT2D eigenvalue weighted by atomic mass is 9.99. The molecule has 2 N–H and O–H groups in total. The van der Waals surface area contributed by atoms with E-state index in [0.717, 1.165) is 20.9 Å². The van der Waals surface area contributed by atoms with Crippen molar-refractivity contribution in [2.75, 3.05) is 9.80 Å². The number of anilines is 2. The Morgan fingerprint density at radius 3 is 1.11 bits per heavy atom. The number of amides is 4. The zero-order valence-corrected chi connectivity index (χ0v) is 14.6. The second kappa shape index (κ2) is 6.71. The summed E-state index contributed by atoms with van der Waals surface area (Å²) in [6.07, 6.45) is 4.92. The number of imide groups is 2. The zero-order valence-electron chi connectivity index (χ0n) is 14.6. The van der Waals surface area contributed by atoms with E-state index in [1.165, 1.54) is 24.3 Å². The molecule has 0 saturated heterocycles. The molecule has 7 nitrogen and oxygen atoms in total. The molecule has 4 amide bonds. The van der Waals surface area contributed by atoms with E-state index in [1.54, 1.807) is 48.5 Å². The summed E-state index contributed by atoms with van der Waals surface area (Å²) >= 11 is 0. The number of hydrogen-bond donors (Lipinski definition) is 1. The van der Waals surface area contributed by atoms with Gasteiger partial charge in [0.25, 0.3) is 23.6 Å². The largest absolute Gasteiger partial charge is 0.320 e. The number of nitrogens with zero attached hydrogens (tertiary/aromatic N) is 2. The molecule has 2 aromatic carbocycles. The van der Waals surface area contributed by atoms with Crippen LogP contribution in [0.2, 0.25) is 0 Å². The maximum absolute atomic E-state index is 11.7. The molecule has 0 bridgehead atoms. The van der Waals surface area contributed by atoms with Gasteiger partial charge in [0.2, 0.25) is 0 Å². The van der Waals surface area contributed by atoms with Crippen LogP contribution in [0.4, 0.5) is 11.4 Å². The van der Waals surface area contributed by atoms with Crippen LogP contribution in [-0.2, 0) is 19.2 Å². The molecule has 0 unspecified atom stereocenters. The van der Waals surface area contributed by atoms with Gasteiger partial charge >= 0.3 is 0 Å². The van der Waals surface area contributed by atoms with Crippen LogP contribution in [0.15, 0.2) is 72.8 Å². The topological polar surface area (TPSA) is 101 Å². The molecule has 2 aromatic rings. The zero-order chi connectivity index (χ0) is 19.8. The van der Waals surface area contributed by atoms with Crippen LogP contribution in [0.1, 0.15) is 17.2 Å². The summed E-state index contributed by atoms with van der Waals surface area (Å²) in [6, 6.07) is 13.2. The first-order valence-electron chi connectivity index (χ1n) is 8.53. The van der Waals surface area contributed by atoms with E-state index in [9.17, 15) is 19.2 Å². The Bertz CT molecular complexity index is 931. The van der Waals surface area contributed by atoms with E-state index in [4.69, 9.17) is 5.73 Å². The van der Waals surface area contributed by atoms with Crippen molar-refractivity contribution in [3.63, 3.8) is 0 Å². The molecule has 0 aromatic heterocycles. The smallest absolute Gasteiger partial charge is 0.258 e. The average molecular weight is 373 g/mol. The minimum atomic E-state index is -0.450. The minimum absolute atomic E-state index is 0.377. The molecule has 2 aliphatic rings. The molecule has 0 aliphatic carbocycles. The molecule has 7 heteroatoms. The van der Waals surface area contributed by atoms with Gasteiger partial charge in [0, 0.05) is 24.3 Å². The van der Waals surface area contributed by atoms with Crippen molar-refractivity contribution >= 4 is 35.0 Å². The molecule has 2 aliphatic heterocycles. The third-order valence-electron chi connectivity index (χ3n) is 4.64. The molecule has 4 rings (SSSR count). The van der Waals surface area contributed by atoms with Gasteiger partial charge < -0.3 is 5.73 Å². The summed E-state index contributed by atoms with van der Waals surface area (Å²) in [5, 5.41) is 0. The van der Waals surface area contributed by atoms with Gasteiger partial charge in [-0.2, -0.15) is 0 Å². The summed E-state index contributed by atoms with van der Waals surface area (Å²) in [5.74, 6) is -1.51.